The highest BCUT2D eigenvalue weighted by atomic mass is 15.3. The van der Waals surface area contributed by atoms with Gasteiger partial charge in [0.1, 0.15) is 0 Å². The number of nitrogens with zero attached hydrogens (tertiary/aromatic N) is 4. The van der Waals surface area contributed by atoms with Crippen LogP contribution in [0.25, 0.3) is 5.65 Å². The van der Waals surface area contributed by atoms with Gasteiger partial charge in [-0.1, -0.05) is 30.3 Å². The summed E-state index contributed by atoms with van der Waals surface area (Å²) < 4.78 is 1.97. The molecular formula is C18H22N6. The molecule has 2 heterocycles. The summed E-state index contributed by atoms with van der Waals surface area (Å²) in [5.41, 5.74) is 3.32. The van der Waals surface area contributed by atoms with Gasteiger partial charge in [0.2, 0.25) is 0 Å². The van der Waals surface area contributed by atoms with Crippen LogP contribution in [-0.4, -0.2) is 27.1 Å². The Kier molecular flexibility index (Phi) is 5.05. The topological polar surface area (TPSA) is 66.6 Å². The van der Waals surface area contributed by atoms with Crippen LogP contribution >= 0.6 is 0 Å². The van der Waals surface area contributed by atoms with Gasteiger partial charge < -0.3 is 10.6 Å². The van der Waals surface area contributed by atoms with Crippen molar-refractivity contribution in [2.24, 2.45) is 4.99 Å². The lowest BCUT2D eigenvalue weighted by atomic mass is 10.1. The lowest BCUT2D eigenvalue weighted by molar-refractivity contribution is 0.765. The monoisotopic (exact) mass is 322 g/mol. The number of aromatic nitrogens is 3. The minimum absolute atomic E-state index is 0.560. The van der Waals surface area contributed by atoms with Crippen molar-refractivity contribution in [1.82, 2.24) is 25.2 Å². The average Bonchev–Trinajstić information content (AvgIpc) is 3.02. The van der Waals surface area contributed by atoms with E-state index in [2.05, 4.69) is 51.8 Å². The lowest BCUT2D eigenvalue weighted by Gasteiger charge is -2.11. The van der Waals surface area contributed by atoms with E-state index in [1.54, 1.807) is 0 Å². The maximum absolute atomic E-state index is 4.66. The third-order valence-electron chi connectivity index (χ3n) is 3.81. The van der Waals surface area contributed by atoms with Gasteiger partial charge in [-0.25, -0.2) is 4.99 Å². The van der Waals surface area contributed by atoms with Crippen LogP contribution in [-0.2, 0) is 13.1 Å². The number of aliphatic imine (C=N–C) groups is 1. The van der Waals surface area contributed by atoms with Gasteiger partial charge in [-0.2, -0.15) is 0 Å². The van der Waals surface area contributed by atoms with Crippen LogP contribution < -0.4 is 10.6 Å². The van der Waals surface area contributed by atoms with Crippen molar-refractivity contribution in [2.45, 2.75) is 26.9 Å². The predicted molar refractivity (Wildman–Crippen MR) is 95.8 cm³/mol. The Morgan fingerprint density at radius 1 is 1.08 bits per heavy atom. The van der Waals surface area contributed by atoms with Gasteiger partial charge in [0.15, 0.2) is 17.4 Å². The smallest absolute Gasteiger partial charge is 0.191 e. The molecule has 0 saturated carbocycles. The molecule has 0 spiro atoms. The second kappa shape index (κ2) is 7.59. The summed E-state index contributed by atoms with van der Waals surface area (Å²) >= 11 is 0. The molecule has 0 aliphatic rings. The van der Waals surface area contributed by atoms with E-state index in [0.717, 1.165) is 24.0 Å². The highest BCUT2D eigenvalue weighted by Gasteiger charge is 2.05. The molecule has 6 nitrogen and oxygen atoms in total. The standard InChI is InChI=1S/C18H22N6/c1-3-19-18(20-12-15-9-5-4-8-14(15)2)21-13-17-23-22-16-10-6-7-11-24(16)17/h4-11H,3,12-13H2,1-2H3,(H2,19,20,21). The number of rotatable bonds is 5. The van der Waals surface area contributed by atoms with Crippen molar-refractivity contribution in [3.63, 3.8) is 0 Å². The maximum Gasteiger partial charge on any atom is 0.191 e. The first-order valence-corrected chi connectivity index (χ1v) is 8.13. The Morgan fingerprint density at radius 3 is 2.75 bits per heavy atom. The average molecular weight is 322 g/mol. The number of pyridine rings is 1. The summed E-state index contributed by atoms with van der Waals surface area (Å²) in [6.07, 6.45) is 1.96. The van der Waals surface area contributed by atoms with E-state index in [1.165, 1.54) is 11.1 Å². The summed E-state index contributed by atoms with van der Waals surface area (Å²) in [5, 5.41) is 15.0. The van der Waals surface area contributed by atoms with Crippen LogP contribution in [0, 0.1) is 6.92 Å². The van der Waals surface area contributed by atoms with E-state index in [9.17, 15) is 0 Å². The molecule has 0 fully saturated rings. The first kappa shape index (κ1) is 16.0. The molecule has 3 aromatic rings. The largest absolute Gasteiger partial charge is 0.357 e. The number of guanidine groups is 1. The number of hydrogen-bond acceptors (Lipinski definition) is 3. The Balaban J connectivity index is 1.69. The highest BCUT2D eigenvalue weighted by Crippen LogP contribution is 2.08. The van der Waals surface area contributed by atoms with Crippen LogP contribution in [0.2, 0.25) is 0 Å². The van der Waals surface area contributed by atoms with E-state index in [1.807, 2.05) is 40.9 Å². The van der Waals surface area contributed by atoms with Crippen molar-refractivity contribution < 1.29 is 0 Å². The van der Waals surface area contributed by atoms with Crippen molar-refractivity contribution in [3.8, 4) is 0 Å². The zero-order valence-electron chi connectivity index (χ0n) is 14.0. The van der Waals surface area contributed by atoms with Crippen molar-refractivity contribution in [2.75, 3.05) is 6.54 Å². The molecule has 124 valence electrons. The Hall–Kier alpha value is -2.89. The Morgan fingerprint density at radius 2 is 1.92 bits per heavy atom. The Labute approximate surface area is 141 Å². The molecule has 0 bridgehead atoms. The third-order valence-corrected chi connectivity index (χ3v) is 3.81. The van der Waals surface area contributed by atoms with Gasteiger partial charge in [0.05, 0.1) is 13.1 Å². The molecule has 24 heavy (non-hydrogen) atoms. The molecule has 2 aromatic heterocycles. The van der Waals surface area contributed by atoms with Crippen molar-refractivity contribution in [3.05, 3.63) is 65.6 Å². The molecule has 0 aliphatic heterocycles. The summed E-state index contributed by atoms with van der Waals surface area (Å²) in [4.78, 5) is 4.66. The first-order valence-electron chi connectivity index (χ1n) is 8.13. The lowest BCUT2D eigenvalue weighted by Crippen LogP contribution is -2.37. The molecule has 0 aliphatic carbocycles. The van der Waals surface area contributed by atoms with E-state index in [4.69, 9.17) is 0 Å². The fourth-order valence-corrected chi connectivity index (χ4v) is 2.47. The molecule has 0 radical (unpaired) electrons. The van der Waals surface area contributed by atoms with Crippen LogP contribution in [0.3, 0.4) is 0 Å². The van der Waals surface area contributed by atoms with Gasteiger partial charge in [0.25, 0.3) is 0 Å². The number of benzene rings is 1. The normalized spacial score (nSPS) is 11.7. The second-order valence-electron chi connectivity index (χ2n) is 5.52. The van der Waals surface area contributed by atoms with E-state index in [-0.39, 0.29) is 0 Å². The predicted octanol–water partition coefficient (Wildman–Crippen LogP) is 2.29. The van der Waals surface area contributed by atoms with E-state index >= 15 is 0 Å². The highest BCUT2D eigenvalue weighted by molar-refractivity contribution is 5.79. The zero-order chi connectivity index (χ0) is 16.8. The number of nitrogens with one attached hydrogen (secondary N) is 2. The summed E-state index contributed by atoms with van der Waals surface area (Å²) in [5.74, 6) is 1.63. The first-order chi connectivity index (χ1) is 11.8. The van der Waals surface area contributed by atoms with Crippen LogP contribution in [0.4, 0.5) is 0 Å². The van der Waals surface area contributed by atoms with Crippen molar-refractivity contribution >= 4 is 11.6 Å². The Bertz CT molecular complexity index is 836. The van der Waals surface area contributed by atoms with Gasteiger partial charge in [-0.15, -0.1) is 10.2 Å². The fraction of sp³-hybridized carbons (Fsp3) is 0.278. The molecule has 3 rings (SSSR count). The molecule has 0 atom stereocenters. The van der Waals surface area contributed by atoms with Crippen LogP contribution in [0.1, 0.15) is 23.9 Å². The van der Waals surface area contributed by atoms with Gasteiger partial charge in [0, 0.05) is 12.7 Å². The quantitative estimate of drug-likeness (QED) is 0.559. The SMILES string of the molecule is CCNC(=NCc1ccccc1C)NCc1nnc2ccccn12. The van der Waals surface area contributed by atoms with Crippen molar-refractivity contribution in [1.29, 1.82) is 0 Å². The molecule has 0 unspecified atom stereocenters. The molecular weight excluding hydrogens is 300 g/mol. The fourth-order valence-electron chi connectivity index (χ4n) is 2.47. The number of aryl methyl sites for hydroxylation is 1. The summed E-state index contributed by atoms with van der Waals surface area (Å²) in [6, 6.07) is 14.2. The van der Waals surface area contributed by atoms with E-state index < -0.39 is 0 Å². The summed E-state index contributed by atoms with van der Waals surface area (Å²) in [6.45, 7) is 6.17. The number of fused-ring (bicyclic) bond motifs is 1. The molecule has 1 aromatic carbocycles. The molecule has 6 heteroatoms. The minimum atomic E-state index is 0.560. The minimum Gasteiger partial charge on any atom is -0.357 e. The third kappa shape index (κ3) is 3.71. The molecule has 2 N–H and O–H groups in total. The zero-order valence-corrected chi connectivity index (χ0v) is 14.0. The van der Waals surface area contributed by atoms with Gasteiger partial charge in [-0.05, 0) is 37.1 Å². The van der Waals surface area contributed by atoms with E-state index in [0.29, 0.717) is 13.1 Å². The number of hydrogen-bond donors (Lipinski definition) is 2. The van der Waals surface area contributed by atoms with Gasteiger partial charge in [-0.3, -0.25) is 4.40 Å². The second-order valence-corrected chi connectivity index (χ2v) is 5.52. The van der Waals surface area contributed by atoms with Crippen LogP contribution in [0.5, 0.6) is 0 Å². The molecule has 0 amide bonds. The van der Waals surface area contributed by atoms with Crippen LogP contribution in [0.15, 0.2) is 53.7 Å². The molecule has 0 saturated heterocycles. The maximum atomic E-state index is 4.66. The summed E-state index contributed by atoms with van der Waals surface area (Å²) in [7, 11) is 0. The van der Waals surface area contributed by atoms with Gasteiger partial charge >= 0.3 is 0 Å².